The van der Waals surface area contributed by atoms with E-state index in [1.807, 2.05) is 11.4 Å². The molecule has 2 aliphatic rings. The molecule has 2 saturated heterocycles. The minimum Gasteiger partial charge on any atom is -0.366 e. The summed E-state index contributed by atoms with van der Waals surface area (Å²) in [7, 11) is 0. The normalized spacial score (nSPS) is 25.1. The van der Waals surface area contributed by atoms with Gasteiger partial charge in [-0.3, -0.25) is 14.6 Å². The average Bonchev–Trinajstić information content (AvgIpc) is 3.10. The number of likely N-dealkylation sites (tertiary alicyclic amines) is 1. The lowest BCUT2D eigenvalue weighted by molar-refractivity contribution is 0.100. The summed E-state index contributed by atoms with van der Waals surface area (Å²) in [5.41, 5.74) is 5.94. The van der Waals surface area contributed by atoms with Crippen molar-refractivity contribution in [2.24, 2.45) is 5.73 Å². The summed E-state index contributed by atoms with van der Waals surface area (Å²) in [6.45, 7) is 7.81. The van der Waals surface area contributed by atoms with E-state index in [0.717, 1.165) is 32.7 Å². The lowest BCUT2D eigenvalue weighted by Crippen LogP contribution is -2.49. The predicted octanol–water partition coefficient (Wildman–Crippen LogP) is 0.326. The number of piperazine rings is 1. The number of rotatable bonds is 4. The molecule has 110 valence electrons. The fraction of sp³-hybridized carbons (Fsp3) is 0.643. The molecule has 3 rings (SSSR count). The first-order valence-electron chi connectivity index (χ1n) is 7.27. The van der Waals surface area contributed by atoms with Gasteiger partial charge in [0, 0.05) is 62.1 Å². The molecule has 3 heterocycles. The topological polar surface area (TPSA) is 61.6 Å². The van der Waals surface area contributed by atoms with Crippen LogP contribution in [0.1, 0.15) is 21.7 Å². The fourth-order valence-corrected chi connectivity index (χ4v) is 4.03. The Morgan fingerprint density at radius 2 is 2.20 bits per heavy atom. The summed E-state index contributed by atoms with van der Waals surface area (Å²) in [5.74, 6) is -0.326. The van der Waals surface area contributed by atoms with Crippen molar-refractivity contribution in [2.75, 3.05) is 39.3 Å². The lowest BCUT2D eigenvalue weighted by Gasteiger charge is -2.32. The molecule has 5 nitrogen and oxygen atoms in total. The summed E-state index contributed by atoms with van der Waals surface area (Å²) in [6, 6.07) is 2.64. The highest BCUT2D eigenvalue weighted by Gasteiger charge is 2.28. The fourth-order valence-electron chi connectivity index (χ4n) is 3.11. The second-order valence-corrected chi connectivity index (χ2v) is 6.63. The van der Waals surface area contributed by atoms with E-state index >= 15 is 0 Å². The van der Waals surface area contributed by atoms with Crippen LogP contribution in [0.15, 0.2) is 11.4 Å². The Labute approximate surface area is 123 Å². The molecule has 20 heavy (non-hydrogen) atoms. The second kappa shape index (κ2) is 6.22. The van der Waals surface area contributed by atoms with Gasteiger partial charge in [0.05, 0.1) is 5.56 Å². The first-order valence-corrected chi connectivity index (χ1v) is 8.14. The van der Waals surface area contributed by atoms with Crippen molar-refractivity contribution in [3.63, 3.8) is 0 Å². The van der Waals surface area contributed by atoms with E-state index in [4.69, 9.17) is 5.73 Å². The summed E-state index contributed by atoms with van der Waals surface area (Å²) in [4.78, 5) is 17.4. The van der Waals surface area contributed by atoms with Crippen LogP contribution in [0.3, 0.4) is 0 Å². The Bertz CT molecular complexity index is 469. The molecule has 1 aromatic heterocycles. The number of primary amides is 1. The molecule has 3 N–H and O–H groups in total. The molecule has 1 unspecified atom stereocenters. The van der Waals surface area contributed by atoms with Gasteiger partial charge in [0.25, 0.3) is 0 Å². The van der Waals surface area contributed by atoms with E-state index in [9.17, 15) is 4.79 Å². The standard InChI is InChI=1S/C14H22N4OS/c15-14(19)11-7-13(20-10-11)9-17-4-1-12(8-17)18-5-2-16-3-6-18/h7,10,12,16H,1-6,8-9H2,(H2,15,19). The van der Waals surface area contributed by atoms with Crippen molar-refractivity contribution in [1.82, 2.24) is 15.1 Å². The van der Waals surface area contributed by atoms with Gasteiger partial charge in [0.1, 0.15) is 0 Å². The van der Waals surface area contributed by atoms with E-state index in [1.54, 1.807) is 11.3 Å². The van der Waals surface area contributed by atoms with Gasteiger partial charge >= 0.3 is 0 Å². The molecule has 0 spiro atoms. The summed E-state index contributed by atoms with van der Waals surface area (Å²) in [6.07, 6.45) is 1.26. The van der Waals surface area contributed by atoms with Crippen LogP contribution in [0, 0.1) is 0 Å². The molecule has 0 aromatic carbocycles. The number of hydrogen-bond donors (Lipinski definition) is 2. The Kier molecular flexibility index (Phi) is 4.35. The second-order valence-electron chi connectivity index (χ2n) is 5.63. The van der Waals surface area contributed by atoms with Gasteiger partial charge in [-0.2, -0.15) is 0 Å². The SMILES string of the molecule is NC(=O)c1csc(CN2CCC(N3CCNCC3)C2)c1. The summed E-state index contributed by atoms with van der Waals surface area (Å²) in [5, 5.41) is 5.27. The molecular weight excluding hydrogens is 272 g/mol. The van der Waals surface area contributed by atoms with Crippen molar-refractivity contribution in [3.05, 3.63) is 21.9 Å². The smallest absolute Gasteiger partial charge is 0.249 e. The van der Waals surface area contributed by atoms with Crippen molar-refractivity contribution < 1.29 is 4.79 Å². The Morgan fingerprint density at radius 1 is 1.40 bits per heavy atom. The van der Waals surface area contributed by atoms with Gasteiger partial charge in [-0.05, 0) is 12.5 Å². The van der Waals surface area contributed by atoms with E-state index < -0.39 is 0 Å². The van der Waals surface area contributed by atoms with E-state index in [-0.39, 0.29) is 5.91 Å². The van der Waals surface area contributed by atoms with Gasteiger partial charge in [0.15, 0.2) is 0 Å². The third kappa shape index (κ3) is 3.20. The van der Waals surface area contributed by atoms with E-state index in [2.05, 4.69) is 15.1 Å². The molecule has 0 saturated carbocycles. The quantitative estimate of drug-likeness (QED) is 0.840. The molecule has 0 aliphatic carbocycles. The minimum atomic E-state index is -0.326. The van der Waals surface area contributed by atoms with Crippen LogP contribution < -0.4 is 11.1 Å². The maximum Gasteiger partial charge on any atom is 0.249 e. The van der Waals surface area contributed by atoms with Crippen LogP contribution in [-0.2, 0) is 6.54 Å². The first-order chi connectivity index (χ1) is 9.72. The highest BCUT2D eigenvalue weighted by atomic mass is 32.1. The van der Waals surface area contributed by atoms with Crippen molar-refractivity contribution >= 4 is 17.2 Å². The van der Waals surface area contributed by atoms with Gasteiger partial charge in [-0.1, -0.05) is 0 Å². The highest BCUT2D eigenvalue weighted by Crippen LogP contribution is 2.21. The number of thiophene rings is 1. The molecule has 2 fully saturated rings. The molecule has 1 amide bonds. The Balaban J connectivity index is 1.52. The number of nitrogens with one attached hydrogen (secondary N) is 1. The van der Waals surface area contributed by atoms with Gasteiger partial charge in [-0.15, -0.1) is 11.3 Å². The summed E-state index contributed by atoms with van der Waals surface area (Å²) < 4.78 is 0. The van der Waals surface area contributed by atoms with Crippen LogP contribution >= 0.6 is 11.3 Å². The molecule has 6 heteroatoms. The van der Waals surface area contributed by atoms with Crippen LogP contribution in [0.4, 0.5) is 0 Å². The zero-order valence-electron chi connectivity index (χ0n) is 11.7. The number of nitrogens with zero attached hydrogens (tertiary/aromatic N) is 2. The molecule has 2 aliphatic heterocycles. The molecule has 1 aromatic rings. The summed E-state index contributed by atoms with van der Waals surface area (Å²) >= 11 is 1.64. The van der Waals surface area contributed by atoms with Crippen LogP contribution in [0.25, 0.3) is 0 Å². The van der Waals surface area contributed by atoms with Crippen molar-refractivity contribution in [2.45, 2.75) is 19.0 Å². The first kappa shape index (κ1) is 14.0. The molecular formula is C14H22N4OS. The third-order valence-electron chi connectivity index (χ3n) is 4.23. The van der Waals surface area contributed by atoms with Crippen LogP contribution in [-0.4, -0.2) is 61.0 Å². The largest absolute Gasteiger partial charge is 0.366 e. The van der Waals surface area contributed by atoms with Crippen LogP contribution in [0.5, 0.6) is 0 Å². The predicted molar refractivity (Wildman–Crippen MR) is 81.0 cm³/mol. The Hall–Kier alpha value is -0.950. The zero-order chi connectivity index (χ0) is 13.9. The van der Waals surface area contributed by atoms with Crippen molar-refractivity contribution in [1.29, 1.82) is 0 Å². The highest BCUT2D eigenvalue weighted by molar-refractivity contribution is 7.10. The van der Waals surface area contributed by atoms with Crippen LogP contribution in [0.2, 0.25) is 0 Å². The molecule has 0 bridgehead atoms. The maximum atomic E-state index is 11.1. The number of hydrogen-bond acceptors (Lipinski definition) is 5. The Morgan fingerprint density at radius 3 is 2.90 bits per heavy atom. The maximum absolute atomic E-state index is 11.1. The van der Waals surface area contributed by atoms with E-state index in [1.165, 1.54) is 24.4 Å². The zero-order valence-corrected chi connectivity index (χ0v) is 12.5. The van der Waals surface area contributed by atoms with Gasteiger partial charge in [-0.25, -0.2) is 0 Å². The monoisotopic (exact) mass is 294 g/mol. The van der Waals surface area contributed by atoms with E-state index in [0.29, 0.717) is 11.6 Å². The van der Waals surface area contributed by atoms with Crippen molar-refractivity contribution in [3.8, 4) is 0 Å². The number of amides is 1. The average molecular weight is 294 g/mol. The van der Waals surface area contributed by atoms with Gasteiger partial charge < -0.3 is 11.1 Å². The molecule has 0 radical (unpaired) electrons. The number of carbonyl (C=O) groups excluding carboxylic acids is 1. The third-order valence-corrected chi connectivity index (χ3v) is 5.15. The lowest BCUT2D eigenvalue weighted by atomic mass is 10.2. The molecule has 1 atom stereocenters. The number of nitrogens with two attached hydrogens (primary N) is 1. The van der Waals surface area contributed by atoms with Gasteiger partial charge in [0.2, 0.25) is 5.91 Å². The number of carbonyl (C=O) groups is 1. The minimum absolute atomic E-state index is 0.326.